The number of carboxylic acids is 2. The zero-order valence-electron chi connectivity index (χ0n) is 7.84. The maximum Gasteiger partial charge on any atom is 0.326 e. The molecule has 0 radical (unpaired) electrons. The lowest BCUT2D eigenvalue weighted by Crippen LogP contribution is -2.70. The molecule has 0 heterocycles. The van der Waals surface area contributed by atoms with E-state index in [1.807, 2.05) is 5.32 Å². The van der Waals surface area contributed by atoms with Crippen molar-refractivity contribution in [2.75, 3.05) is 6.61 Å². The number of rotatable bonds is 6. The molecule has 1 amide bonds. The van der Waals surface area contributed by atoms with Gasteiger partial charge in [-0.3, -0.25) is 9.59 Å². The summed E-state index contributed by atoms with van der Waals surface area (Å²) in [5.41, 5.74) is 3.25. The number of hydrogen-bond acceptors (Lipinski definition) is 4. The Labute approximate surface area is 84.7 Å². The van der Waals surface area contributed by atoms with Crippen LogP contribution in [0.5, 0.6) is 0 Å². The molecule has 0 fully saturated rings. The Balaban J connectivity index is 4.35. The first-order valence-electron chi connectivity index (χ1n) is 4.07. The summed E-state index contributed by atoms with van der Waals surface area (Å²) in [6, 6.07) is -2.52. The zero-order valence-corrected chi connectivity index (χ0v) is 7.84. The van der Waals surface area contributed by atoms with Crippen LogP contribution >= 0.6 is 0 Å². The highest BCUT2D eigenvalue weighted by atomic mass is 16.4. The molecule has 86 valence electrons. The summed E-state index contributed by atoms with van der Waals surface area (Å²) in [4.78, 5) is 31.9. The van der Waals surface area contributed by atoms with Crippen LogP contribution in [0, 0.1) is 0 Å². The van der Waals surface area contributed by atoms with Crippen molar-refractivity contribution >= 4 is 17.8 Å². The molecule has 0 aliphatic heterocycles. The second-order valence-electron chi connectivity index (χ2n) is 2.88. The molecule has 8 nitrogen and oxygen atoms in total. The summed E-state index contributed by atoms with van der Waals surface area (Å²) in [6.45, 7) is -0.536. The van der Waals surface area contributed by atoms with Gasteiger partial charge in [-0.1, -0.05) is 0 Å². The Hall–Kier alpha value is -1.67. The molecule has 0 saturated carbocycles. The molecular weight excluding hydrogens is 208 g/mol. The van der Waals surface area contributed by atoms with E-state index in [9.17, 15) is 14.4 Å². The van der Waals surface area contributed by atoms with Crippen molar-refractivity contribution in [1.29, 1.82) is 0 Å². The number of aliphatic hydroxyl groups is 1. The molecule has 0 aliphatic rings. The van der Waals surface area contributed by atoms with Gasteiger partial charge in [0.2, 0.25) is 0 Å². The van der Waals surface area contributed by atoms with Gasteiger partial charge in [0, 0.05) is 0 Å². The largest absolute Gasteiger partial charge is 0.481 e. The van der Waals surface area contributed by atoms with Crippen LogP contribution in [-0.2, 0) is 14.4 Å². The number of hydrogen-bond donors (Lipinski definition) is 5. The fourth-order valence-electron chi connectivity index (χ4n) is 0.747. The molecular formula is C7H13N2O6+. The minimum atomic E-state index is -1.51. The van der Waals surface area contributed by atoms with Crippen LogP contribution in [0.3, 0.4) is 0 Å². The molecule has 0 aromatic carbocycles. The van der Waals surface area contributed by atoms with Gasteiger partial charge in [-0.05, 0) is 0 Å². The number of carboxylic acid groups (broad SMARTS) is 2. The van der Waals surface area contributed by atoms with Gasteiger partial charge < -0.3 is 26.4 Å². The third-order valence-electron chi connectivity index (χ3n) is 1.58. The fourth-order valence-corrected chi connectivity index (χ4v) is 0.747. The van der Waals surface area contributed by atoms with E-state index in [-0.39, 0.29) is 0 Å². The molecule has 0 aliphatic carbocycles. The van der Waals surface area contributed by atoms with Gasteiger partial charge in [0.25, 0.3) is 5.91 Å². The Kier molecular flexibility index (Phi) is 5.27. The fraction of sp³-hybridized carbons (Fsp3) is 0.571. The van der Waals surface area contributed by atoms with Gasteiger partial charge in [-0.15, -0.1) is 0 Å². The summed E-state index contributed by atoms with van der Waals surface area (Å²) in [7, 11) is 0. The summed E-state index contributed by atoms with van der Waals surface area (Å²) < 4.78 is 0. The first-order valence-corrected chi connectivity index (χ1v) is 4.07. The Morgan fingerprint density at radius 2 is 1.80 bits per heavy atom. The number of nitrogens with one attached hydrogen (secondary N) is 1. The average Bonchev–Trinajstić information content (AvgIpc) is 2.14. The highest BCUT2D eigenvalue weighted by Crippen LogP contribution is 1.93. The highest BCUT2D eigenvalue weighted by molar-refractivity contribution is 5.88. The van der Waals surface area contributed by atoms with Gasteiger partial charge in [0.15, 0.2) is 6.04 Å². The number of quaternary nitrogens is 1. The van der Waals surface area contributed by atoms with Gasteiger partial charge in [0.1, 0.15) is 12.6 Å². The third-order valence-corrected chi connectivity index (χ3v) is 1.58. The van der Waals surface area contributed by atoms with E-state index < -0.39 is 43.0 Å². The van der Waals surface area contributed by atoms with Gasteiger partial charge in [-0.2, -0.15) is 0 Å². The number of carbonyl (C=O) groups is 3. The van der Waals surface area contributed by atoms with E-state index in [0.29, 0.717) is 0 Å². The number of carbonyl (C=O) groups excluding carboxylic acids is 1. The van der Waals surface area contributed by atoms with Crippen molar-refractivity contribution in [3.8, 4) is 0 Å². The van der Waals surface area contributed by atoms with E-state index in [2.05, 4.69) is 5.73 Å². The first-order chi connectivity index (χ1) is 6.88. The lowest BCUT2D eigenvalue weighted by Gasteiger charge is -2.13. The smallest absolute Gasteiger partial charge is 0.326 e. The van der Waals surface area contributed by atoms with Crippen LogP contribution in [-0.4, -0.2) is 51.9 Å². The predicted octanol–water partition coefficient (Wildman–Crippen LogP) is -3.37. The molecule has 0 saturated heterocycles. The minimum Gasteiger partial charge on any atom is -0.481 e. The summed E-state index contributed by atoms with van der Waals surface area (Å²) in [6.07, 6.45) is -0.723. The van der Waals surface area contributed by atoms with Crippen molar-refractivity contribution in [2.24, 2.45) is 0 Å². The molecule has 0 aromatic rings. The van der Waals surface area contributed by atoms with Crippen LogP contribution in [0.1, 0.15) is 6.42 Å². The molecule has 0 aromatic heterocycles. The van der Waals surface area contributed by atoms with Crippen LogP contribution < -0.4 is 11.1 Å². The topological polar surface area (TPSA) is 152 Å². The van der Waals surface area contributed by atoms with Crippen LogP contribution in [0.2, 0.25) is 0 Å². The third kappa shape index (κ3) is 4.93. The van der Waals surface area contributed by atoms with E-state index in [1.54, 1.807) is 0 Å². The SMILES string of the molecule is [NH3+]C(CO)C(=O)NC(CC(=O)O)C(=O)O. The van der Waals surface area contributed by atoms with Gasteiger partial charge in [0.05, 0.1) is 6.42 Å². The average molecular weight is 221 g/mol. The molecule has 0 spiro atoms. The summed E-state index contributed by atoms with van der Waals surface area (Å²) >= 11 is 0. The van der Waals surface area contributed by atoms with Crippen molar-refractivity contribution in [2.45, 2.75) is 18.5 Å². The van der Waals surface area contributed by atoms with Crippen molar-refractivity contribution in [1.82, 2.24) is 5.32 Å². The Morgan fingerprint density at radius 1 is 1.27 bits per heavy atom. The lowest BCUT2D eigenvalue weighted by molar-refractivity contribution is -0.409. The molecule has 15 heavy (non-hydrogen) atoms. The lowest BCUT2D eigenvalue weighted by atomic mass is 10.2. The predicted molar refractivity (Wildman–Crippen MR) is 45.6 cm³/mol. The Bertz CT molecular complexity index is 266. The van der Waals surface area contributed by atoms with Crippen molar-refractivity contribution in [3.05, 3.63) is 0 Å². The van der Waals surface area contributed by atoms with E-state index in [0.717, 1.165) is 0 Å². The molecule has 8 heteroatoms. The van der Waals surface area contributed by atoms with Crippen LogP contribution in [0.4, 0.5) is 0 Å². The highest BCUT2D eigenvalue weighted by Gasteiger charge is 2.26. The molecule has 2 unspecified atom stereocenters. The molecule has 0 bridgehead atoms. The van der Waals surface area contributed by atoms with Crippen molar-refractivity contribution < 1.29 is 35.4 Å². The van der Waals surface area contributed by atoms with Crippen LogP contribution in [0.25, 0.3) is 0 Å². The summed E-state index contributed by atoms with van der Waals surface area (Å²) in [5, 5.41) is 27.4. The molecule has 2 atom stereocenters. The molecule has 7 N–H and O–H groups in total. The second-order valence-corrected chi connectivity index (χ2v) is 2.88. The van der Waals surface area contributed by atoms with E-state index in [1.165, 1.54) is 0 Å². The van der Waals surface area contributed by atoms with E-state index >= 15 is 0 Å². The summed E-state index contributed by atoms with van der Waals surface area (Å²) in [5.74, 6) is -3.59. The number of amides is 1. The standard InChI is InChI=1S/C7H12N2O6/c8-3(2-10)6(13)9-4(7(14)15)1-5(11)12/h3-4,10H,1-2,8H2,(H,9,13)(H,11,12)(H,14,15)/p+1. The van der Waals surface area contributed by atoms with Gasteiger partial charge in [-0.25, -0.2) is 4.79 Å². The number of aliphatic carboxylic acids is 2. The number of aliphatic hydroxyl groups excluding tert-OH is 1. The van der Waals surface area contributed by atoms with Crippen LogP contribution in [0.15, 0.2) is 0 Å². The van der Waals surface area contributed by atoms with Gasteiger partial charge >= 0.3 is 11.9 Å². The van der Waals surface area contributed by atoms with Crippen molar-refractivity contribution in [3.63, 3.8) is 0 Å². The Morgan fingerprint density at radius 3 is 2.13 bits per heavy atom. The molecule has 0 rings (SSSR count). The zero-order chi connectivity index (χ0) is 12.0. The first kappa shape index (κ1) is 13.3. The monoisotopic (exact) mass is 221 g/mol. The quantitative estimate of drug-likeness (QED) is 0.316. The second kappa shape index (κ2) is 5.94. The van der Waals surface area contributed by atoms with E-state index in [4.69, 9.17) is 15.3 Å². The minimum absolute atomic E-state index is 0.536. The normalized spacial score (nSPS) is 14.0. The maximum absolute atomic E-state index is 11.1. The maximum atomic E-state index is 11.1.